The molecule has 10 rings (SSSR count). The predicted molar refractivity (Wildman–Crippen MR) is 274 cm³/mol. The van der Waals surface area contributed by atoms with Gasteiger partial charge in [-0.3, -0.25) is 4.79 Å². The summed E-state index contributed by atoms with van der Waals surface area (Å²) in [6, 6.07) is 31.7. The molecule has 0 aliphatic rings. The van der Waals surface area contributed by atoms with Gasteiger partial charge in [0.15, 0.2) is 22.5 Å². The summed E-state index contributed by atoms with van der Waals surface area (Å²) in [5, 5.41) is 0.761. The molecule has 10 aromatic rings. The molecule has 0 spiro atoms. The van der Waals surface area contributed by atoms with Gasteiger partial charge in [0.05, 0.1) is 27.6 Å². The van der Waals surface area contributed by atoms with E-state index in [2.05, 4.69) is 165 Å². The third kappa shape index (κ3) is 11.9. The van der Waals surface area contributed by atoms with Crippen molar-refractivity contribution in [3.63, 3.8) is 0 Å². The molecule has 344 valence electrons. The topological polar surface area (TPSA) is 147 Å². The zero-order valence-electron chi connectivity index (χ0n) is 41.2. The fourth-order valence-electron chi connectivity index (χ4n) is 7.21. The Labute approximate surface area is 388 Å². The quantitative estimate of drug-likeness (QED) is 0.156. The second-order valence-electron chi connectivity index (χ2n) is 18.5. The van der Waals surface area contributed by atoms with Gasteiger partial charge in [0.1, 0.15) is 23.0 Å². The number of H-pyrrole nitrogens is 3. The Morgan fingerprint density at radius 1 is 0.545 bits per heavy atom. The Hall–Kier alpha value is -6.88. The van der Waals surface area contributed by atoms with Gasteiger partial charge in [-0.2, -0.15) is 0 Å². The lowest BCUT2D eigenvalue weighted by atomic mass is 10.1. The second kappa shape index (κ2) is 21.4. The number of nitrogens with one attached hydrogen (secondary N) is 3. The van der Waals surface area contributed by atoms with Crippen LogP contribution in [-0.4, -0.2) is 44.4 Å². The van der Waals surface area contributed by atoms with Gasteiger partial charge in [-0.1, -0.05) is 106 Å². The number of aromatic nitrogens is 9. The molecule has 11 heteroatoms. The monoisotopic (exact) mass is 886 g/mol. The molecule has 0 atom stereocenters. The van der Waals surface area contributed by atoms with Crippen LogP contribution in [0.2, 0.25) is 0 Å². The number of para-hydroxylation sites is 5. The third-order valence-electron chi connectivity index (χ3n) is 11.2. The van der Waals surface area contributed by atoms with Gasteiger partial charge in [-0.15, -0.1) is 0 Å². The van der Waals surface area contributed by atoms with Crippen molar-refractivity contribution in [2.24, 2.45) is 7.05 Å². The Morgan fingerprint density at radius 2 is 1.17 bits per heavy atom. The number of fused-ring (bicyclic) bond motifs is 5. The minimum atomic E-state index is 0.100. The summed E-state index contributed by atoms with van der Waals surface area (Å²) in [7, 11) is 2.07. The number of rotatable bonds is 5. The molecule has 0 radical (unpaired) electrons. The zero-order chi connectivity index (χ0) is 47.8. The van der Waals surface area contributed by atoms with Crippen molar-refractivity contribution in [1.29, 1.82) is 0 Å². The Kier molecular flexibility index (Phi) is 15.8. The number of imidazole rings is 3. The highest BCUT2D eigenvalue weighted by atomic mass is 16.3. The summed E-state index contributed by atoms with van der Waals surface area (Å²) in [6.07, 6.45) is 1.84. The summed E-state index contributed by atoms with van der Waals surface area (Å²) in [5.74, 6) is 6.13. The van der Waals surface area contributed by atoms with E-state index in [0.717, 1.165) is 84.3 Å². The van der Waals surface area contributed by atoms with Gasteiger partial charge in [0, 0.05) is 59.6 Å². The zero-order valence-corrected chi connectivity index (χ0v) is 41.2. The van der Waals surface area contributed by atoms with E-state index in [4.69, 9.17) is 4.42 Å². The molecule has 3 N–H and O–H groups in total. The van der Waals surface area contributed by atoms with Crippen LogP contribution in [-0.2, 0) is 7.05 Å². The minimum Gasteiger partial charge on any atom is -0.440 e. The van der Waals surface area contributed by atoms with Gasteiger partial charge in [-0.25, -0.2) is 24.9 Å². The lowest BCUT2D eigenvalue weighted by Gasteiger charge is -2.06. The van der Waals surface area contributed by atoms with Crippen molar-refractivity contribution >= 4 is 55.2 Å². The van der Waals surface area contributed by atoms with E-state index >= 15 is 0 Å². The van der Waals surface area contributed by atoms with Crippen molar-refractivity contribution in [1.82, 2.24) is 44.4 Å². The average molecular weight is 886 g/mol. The highest BCUT2D eigenvalue weighted by Crippen LogP contribution is 2.23. The third-order valence-corrected chi connectivity index (χ3v) is 11.2. The SMILES string of the molecule is CC(C)c1cc(=O)c2ccccc2[nH]1.CC(C)c1nc2ccccc2n1C.CC(C)c1nc2ccccc2o1.Cc1cc2nc(C(C)C)[nH]c2cc1C.Cc1cnc2nc(C(C)C)[nH]c2c1. The van der Waals surface area contributed by atoms with E-state index in [9.17, 15) is 4.79 Å². The second-order valence-corrected chi connectivity index (χ2v) is 18.5. The molecule has 0 fully saturated rings. The number of pyridine rings is 2. The van der Waals surface area contributed by atoms with Crippen LogP contribution in [0.25, 0.3) is 55.2 Å². The van der Waals surface area contributed by atoms with Crippen LogP contribution in [0.15, 0.2) is 112 Å². The lowest BCUT2D eigenvalue weighted by molar-refractivity contribution is 0.501. The molecule has 6 heterocycles. The van der Waals surface area contributed by atoms with Crippen molar-refractivity contribution in [3.05, 3.63) is 159 Å². The molecule has 0 unspecified atom stereocenters. The fourth-order valence-corrected chi connectivity index (χ4v) is 7.21. The van der Waals surface area contributed by atoms with E-state index in [1.54, 1.807) is 6.07 Å². The molecule has 0 bridgehead atoms. The Balaban J connectivity index is 0.000000137. The van der Waals surface area contributed by atoms with E-state index in [1.165, 1.54) is 16.6 Å². The van der Waals surface area contributed by atoms with Crippen LogP contribution >= 0.6 is 0 Å². The van der Waals surface area contributed by atoms with E-state index < -0.39 is 0 Å². The van der Waals surface area contributed by atoms with Crippen LogP contribution in [0, 0.1) is 20.8 Å². The molecule has 66 heavy (non-hydrogen) atoms. The first-order valence-corrected chi connectivity index (χ1v) is 23.1. The van der Waals surface area contributed by atoms with Gasteiger partial charge in [-0.05, 0) is 98.0 Å². The van der Waals surface area contributed by atoms with Gasteiger partial charge >= 0.3 is 0 Å². The van der Waals surface area contributed by atoms with Crippen LogP contribution in [0.5, 0.6) is 0 Å². The highest BCUT2D eigenvalue weighted by molar-refractivity contribution is 5.79. The fraction of sp³-hybridized carbons (Fsp3) is 0.345. The first kappa shape index (κ1) is 48.6. The minimum absolute atomic E-state index is 0.100. The molecule has 6 aromatic heterocycles. The molecule has 0 saturated heterocycles. The van der Waals surface area contributed by atoms with Crippen molar-refractivity contribution in [2.75, 3.05) is 0 Å². The number of aryl methyl sites for hydroxylation is 4. The first-order chi connectivity index (χ1) is 31.4. The van der Waals surface area contributed by atoms with Crippen LogP contribution in [0.3, 0.4) is 0 Å². The first-order valence-electron chi connectivity index (χ1n) is 23.1. The molecular weight excluding hydrogens is 819 g/mol. The molecule has 0 saturated carbocycles. The summed E-state index contributed by atoms with van der Waals surface area (Å²) in [4.78, 5) is 43.7. The van der Waals surface area contributed by atoms with Crippen LogP contribution in [0.4, 0.5) is 0 Å². The molecular formula is C55H67N9O2. The van der Waals surface area contributed by atoms with Crippen LogP contribution < -0.4 is 5.43 Å². The standard InChI is InChI=1S/C12H16N2.C12H13NO.C11H14N2.C10H13N3.C10H11NO/c1-7(2)12-13-10-5-8(3)9(4)6-11(10)14-12;1-8(2)11-7-12(14)9-5-3-4-6-10(9)13-11;1-8(2)11-12-9-6-4-5-7-10(9)13(11)3;1-6(2)9-12-8-4-7(3)5-11-10(8)13-9;1-7(2)10-11-8-5-3-4-6-9(8)12-10/h5-7H,1-4H3,(H,13,14);3-8H,1-2H3,(H,13,14);4-8H,1-3H3;4-6H,1-3H3,(H,11,12,13);3-7H,1-2H3. The van der Waals surface area contributed by atoms with Crippen molar-refractivity contribution in [2.45, 2.75) is 120 Å². The maximum Gasteiger partial charge on any atom is 0.198 e. The maximum absolute atomic E-state index is 11.7. The number of aromatic amines is 3. The largest absolute Gasteiger partial charge is 0.440 e. The maximum atomic E-state index is 11.7. The summed E-state index contributed by atoms with van der Waals surface area (Å²) >= 11 is 0. The van der Waals surface area contributed by atoms with E-state index in [-0.39, 0.29) is 5.43 Å². The van der Waals surface area contributed by atoms with Gasteiger partial charge < -0.3 is 23.9 Å². The summed E-state index contributed by atoms with van der Waals surface area (Å²) in [5.41, 5.74) is 14.0. The number of benzene rings is 4. The lowest BCUT2D eigenvalue weighted by Crippen LogP contribution is -2.05. The predicted octanol–water partition coefficient (Wildman–Crippen LogP) is 14.0. The molecule has 0 aliphatic carbocycles. The molecule has 0 aliphatic heterocycles. The average Bonchev–Trinajstić information content (AvgIpc) is 4.09. The number of nitrogens with zero attached hydrogens (tertiary/aromatic N) is 6. The van der Waals surface area contributed by atoms with Crippen molar-refractivity contribution < 1.29 is 4.42 Å². The molecule has 0 amide bonds. The van der Waals surface area contributed by atoms with Gasteiger partial charge in [0.25, 0.3) is 0 Å². The molecule has 11 nitrogen and oxygen atoms in total. The Bertz CT molecular complexity index is 3160. The highest BCUT2D eigenvalue weighted by Gasteiger charge is 2.11. The smallest absolute Gasteiger partial charge is 0.198 e. The van der Waals surface area contributed by atoms with Crippen LogP contribution in [0.1, 0.15) is 145 Å². The molecule has 4 aromatic carbocycles. The number of hydrogen-bond donors (Lipinski definition) is 3. The number of hydrogen-bond acceptors (Lipinski definition) is 7. The normalized spacial score (nSPS) is 11.3. The van der Waals surface area contributed by atoms with E-state index in [1.807, 2.05) is 73.8 Å². The van der Waals surface area contributed by atoms with Crippen molar-refractivity contribution in [3.8, 4) is 0 Å². The van der Waals surface area contributed by atoms with Gasteiger partial charge in [0.2, 0.25) is 0 Å². The Morgan fingerprint density at radius 3 is 1.82 bits per heavy atom. The number of oxazole rings is 1. The summed E-state index contributed by atoms with van der Waals surface area (Å²) in [6.45, 7) is 27.4. The summed E-state index contributed by atoms with van der Waals surface area (Å²) < 4.78 is 7.68. The van der Waals surface area contributed by atoms with E-state index in [0.29, 0.717) is 29.6 Å².